The molecule has 0 aliphatic carbocycles. The zero-order valence-electron chi connectivity index (χ0n) is 18.4. The zero-order chi connectivity index (χ0) is 21.9. The van der Waals surface area contributed by atoms with Gasteiger partial charge in [0.1, 0.15) is 5.75 Å². The largest absolute Gasteiger partial charge is 0.496 e. The van der Waals surface area contributed by atoms with E-state index in [0.717, 1.165) is 67.3 Å². The van der Waals surface area contributed by atoms with Crippen LogP contribution in [0.25, 0.3) is 11.3 Å². The number of fused-ring (bicyclic) bond motifs is 1. The van der Waals surface area contributed by atoms with E-state index in [0.29, 0.717) is 6.54 Å². The van der Waals surface area contributed by atoms with Crippen molar-refractivity contribution < 1.29 is 9.53 Å². The number of piperidine rings is 1. The van der Waals surface area contributed by atoms with E-state index in [4.69, 9.17) is 4.74 Å². The van der Waals surface area contributed by atoms with Gasteiger partial charge >= 0.3 is 0 Å². The van der Waals surface area contributed by atoms with Crippen molar-refractivity contribution in [1.29, 1.82) is 0 Å². The molecule has 6 nitrogen and oxygen atoms in total. The molecule has 0 bridgehead atoms. The maximum absolute atomic E-state index is 13.5. The fraction of sp³-hybridized carbons (Fsp3) is 0.346. The van der Waals surface area contributed by atoms with Crippen LogP contribution in [0.3, 0.4) is 0 Å². The lowest BCUT2D eigenvalue weighted by Gasteiger charge is -2.37. The number of ether oxygens (including phenoxy) is 1. The SMILES string of the molecule is COc1ccccc1-c1ccc(N2CCCC(C(=O)N3CCCc4ccccc43)C2)nn1. The van der Waals surface area contributed by atoms with E-state index in [-0.39, 0.29) is 11.8 Å². The van der Waals surface area contributed by atoms with Gasteiger partial charge in [-0.3, -0.25) is 4.79 Å². The summed E-state index contributed by atoms with van der Waals surface area (Å²) in [5.74, 6) is 1.81. The van der Waals surface area contributed by atoms with E-state index < -0.39 is 0 Å². The minimum atomic E-state index is -0.0226. The molecule has 2 aromatic carbocycles. The lowest BCUT2D eigenvalue weighted by molar-refractivity contribution is -0.122. The van der Waals surface area contributed by atoms with Gasteiger partial charge in [-0.1, -0.05) is 30.3 Å². The van der Waals surface area contributed by atoms with Crippen LogP contribution in [0.2, 0.25) is 0 Å². The van der Waals surface area contributed by atoms with Crippen molar-refractivity contribution >= 4 is 17.4 Å². The van der Waals surface area contributed by atoms with Gasteiger partial charge in [0.25, 0.3) is 0 Å². The Labute approximate surface area is 188 Å². The minimum Gasteiger partial charge on any atom is -0.496 e. The number of nitrogens with zero attached hydrogens (tertiary/aromatic N) is 4. The first-order valence-corrected chi connectivity index (χ1v) is 11.4. The standard InChI is InChI=1S/C26H28N4O2/c1-32-24-13-5-3-11-21(24)22-14-15-25(28-27-22)29-16-6-10-20(18-29)26(31)30-17-7-9-19-8-2-4-12-23(19)30/h2-5,8,11-15,20H,6-7,9-10,16-18H2,1H3. The highest BCUT2D eigenvalue weighted by Crippen LogP contribution is 2.32. The van der Waals surface area contributed by atoms with Crippen LogP contribution >= 0.6 is 0 Å². The number of anilines is 2. The molecule has 1 aromatic heterocycles. The predicted octanol–water partition coefficient (Wildman–Crippen LogP) is 4.35. The van der Waals surface area contributed by atoms with Crippen molar-refractivity contribution in [3.63, 3.8) is 0 Å². The molecule has 0 radical (unpaired) electrons. The number of aryl methyl sites for hydroxylation is 1. The first kappa shape index (κ1) is 20.5. The smallest absolute Gasteiger partial charge is 0.231 e. The Morgan fingerprint density at radius 3 is 2.66 bits per heavy atom. The number of benzene rings is 2. The molecule has 6 heteroatoms. The highest BCUT2D eigenvalue weighted by molar-refractivity contribution is 5.96. The number of amides is 1. The molecule has 1 amide bonds. The van der Waals surface area contributed by atoms with Gasteiger partial charge in [0, 0.05) is 30.9 Å². The Morgan fingerprint density at radius 1 is 0.969 bits per heavy atom. The second-order valence-electron chi connectivity index (χ2n) is 8.48. The molecule has 0 N–H and O–H groups in total. The summed E-state index contributed by atoms with van der Waals surface area (Å²) in [7, 11) is 1.66. The molecule has 1 atom stereocenters. The molecule has 1 saturated heterocycles. The molecule has 3 aromatic rings. The highest BCUT2D eigenvalue weighted by Gasteiger charge is 2.32. The van der Waals surface area contributed by atoms with Gasteiger partial charge in [-0.25, -0.2) is 0 Å². The molecule has 0 spiro atoms. The average Bonchev–Trinajstić information content (AvgIpc) is 2.88. The van der Waals surface area contributed by atoms with Crippen LogP contribution < -0.4 is 14.5 Å². The molecule has 1 unspecified atom stereocenters. The summed E-state index contributed by atoms with van der Waals surface area (Å²) in [6.07, 6.45) is 3.96. The summed E-state index contributed by atoms with van der Waals surface area (Å²) in [6, 6.07) is 20.1. The van der Waals surface area contributed by atoms with Gasteiger partial charge in [0.15, 0.2) is 5.82 Å². The average molecular weight is 429 g/mol. The Hall–Kier alpha value is -3.41. The number of hydrogen-bond donors (Lipinski definition) is 0. The van der Waals surface area contributed by atoms with Crippen LogP contribution in [-0.4, -0.2) is 42.8 Å². The van der Waals surface area contributed by atoms with Crippen molar-refractivity contribution in [2.24, 2.45) is 5.92 Å². The summed E-state index contributed by atoms with van der Waals surface area (Å²) >= 11 is 0. The van der Waals surface area contributed by atoms with Crippen molar-refractivity contribution in [3.05, 3.63) is 66.2 Å². The Balaban J connectivity index is 1.32. The highest BCUT2D eigenvalue weighted by atomic mass is 16.5. The summed E-state index contributed by atoms with van der Waals surface area (Å²) < 4.78 is 5.45. The number of carbonyl (C=O) groups is 1. The quantitative estimate of drug-likeness (QED) is 0.618. The lowest BCUT2D eigenvalue weighted by atomic mass is 9.94. The van der Waals surface area contributed by atoms with Gasteiger partial charge < -0.3 is 14.5 Å². The monoisotopic (exact) mass is 428 g/mol. The summed E-state index contributed by atoms with van der Waals surface area (Å²) in [6.45, 7) is 2.38. The van der Waals surface area contributed by atoms with Gasteiger partial charge in [-0.05, 0) is 61.6 Å². The number of methoxy groups -OCH3 is 1. The molecule has 2 aliphatic heterocycles. The number of rotatable bonds is 4. The first-order chi connectivity index (χ1) is 15.7. The molecule has 3 heterocycles. The van der Waals surface area contributed by atoms with Crippen LogP contribution in [0, 0.1) is 5.92 Å². The molecule has 2 aliphatic rings. The zero-order valence-corrected chi connectivity index (χ0v) is 18.4. The first-order valence-electron chi connectivity index (χ1n) is 11.4. The van der Waals surface area contributed by atoms with Crippen LogP contribution in [0.4, 0.5) is 11.5 Å². The normalized spacial score (nSPS) is 18.2. The molecular weight excluding hydrogens is 400 g/mol. The van der Waals surface area contributed by atoms with E-state index >= 15 is 0 Å². The number of para-hydroxylation sites is 2. The maximum Gasteiger partial charge on any atom is 0.231 e. The van der Waals surface area contributed by atoms with Crippen LogP contribution in [0.5, 0.6) is 5.75 Å². The second-order valence-corrected chi connectivity index (χ2v) is 8.48. The van der Waals surface area contributed by atoms with Gasteiger partial charge in [-0.15, -0.1) is 10.2 Å². The van der Waals surface area contributed by atoms with Crippen LogP contribution in [-0.2, 0) is 11.2 Å². The van der Waals surface area contributed by atoms with E-state index in [1.54, 1.807) is 7.11 Å². The van der Waals surface area contributed by atoms with E-state index in [1.165, 1.54) is 5.56 Å². The van der Waals surface area contributed by atoms with Crippen molar-refractivity contribution in [1.82, 2.24) is 10.2 Å². The maximum atomic E-state index is 13.5. The van der Waals surface area contributed by atoms with Gasteiger partial charge in [-0.2, -0.15) is 0 Å². The lowest BCUT2D eigenvalue weighted by Crippen LogP contribution is -2.46. The Bertz CT molecular complexity index is 1100. The Kier molecular flexibility index (Phi) is 5.75. The third-order valence-corrected chi connectivity index (χ3v) is 6.50. The fourth-order valence-corrected chi connectivity index (χ4v) is 4.86. The van der Waals surface area contributed by atoms with Crippen LogP contribution in [0.15, 0.2) is 60.7 Å². The van der Waals surface area contributed by atoms with Gasteiger partial charge in [0.2, 0.25) is 5.91 Å². The number of hydrogen-bond acceptors (Lipinski definition) is 5. The second kappa shape index (κ2) is 8.99. The van der Waals surface area contributed by atoms with Crippen molar-refractivity contribution in [2.45, 2.75) is 25.7 Å². The van der Waals surface area contributed by atoms with Gasteiger partial charge in [0.05, 0.1) is 18.7 Å². The predicted molar refractivity (Wildman–Crippen MR) is 126 cm³/mol. The summed E-state index contributed by atoms with van der Waals surface area (Å²) in [4.78, 5) is 17.7. The fourth-order valence-electron chi connectivity index (χ4n) is 4.86. The Morgan fingerprint density at radius 2 is 1.81 bits per heavy atom. The van der Waals surface area contributed by atoms with E-state index in [2.05, 4.69) is 33.3 Å². The summed E-state index contributed by atoms with van der Waals surface area (Å²) in [5, 5.41) is 8.95. The molecule has 32 heavy (non-hydrogen) atoms. The molecular formula is C26H28N4O2. The number of carbonyl (C=O) groups excluding carboxylic acids is 1. The third kappa shape index (κ3) is 3.93. The van der Waals surface area contributed by atoms with Crippen molar-refractivity contribution in [2.75, 3.05) is 36.5 Å². The molecule has 0 saturated carbocycles. The summed E-state index contributed by atoms with van der Waals surface area (Å²) in [5.41, 5.74) is 4.06. The topological polar surface area (TPSA) is 58.6 Å². The molecule has 1 fully saturated rings. The third-order valence-electron chi connectivity index (χ3n) is 6.50. The van der Waals surface area contributed by atoms with Crippen molar-refractivity contribution in [3.8, 4) is 17.0 Å². The number of aromatic nitrogens is 2. The van der Waals surface area contributed by atoms with E-state index in [1.807, 2.05) is 47.4 Å². The molecule has 5 rings (SSSR count). The molecule has 164 valence electrons. The van der Waals surface area contributed by atoms with Crippen LogP contribution in [0.1, 0.15) is 24.8 Å². The van der Waals surface area contributed by atoms with E-state index in [9.17, 15) is 4.79 Å². The minimum absolute atomic E-state index is 0.0226.